The third-order valence-corrected chi connectivity index (χ3v) is 5.84. The van der Waals surface area contributed by atoms with Crippen LogP contribution in [0.25, 0.3) is 10.6 Å². The van der Waals surface area contributed by atoms with Crippen LogP contribution in [0.15, 0.2) is 41.5 Å². The lowest BCUT2D eigenvalue weighted by Crippen LogP contribution is -2.41. The van der Waals surface area contributed by atoms with Crippen molar-refractivity contribution in [2.45, 2.75) is 19.9 Å². The van der Waals surface area contributed by atoms with Crippen molar-refractivity contribution in [3.8, 4) is 16.3 Å². The molecule has 2 aromatic heterocycles. The zero-order chi connectivity index (χ0) is 19.8. The first-order valence-electron chi connectivity index (χ1n) is 8.93. The molecule has 144 valence electrons. The third kappa shape index (κ3) is 3.20. The van der Waals surface area contributed by atoms with Crippen LogP contribution in [0.5, 0.6) is 5.75 Å². The van der Waals surface area contributed by atoms with Crippen molar-refractivity contribution in [1.82, 2.24) is 14.5 Å². The van der Waals surface area contributed by atoms with Crippen LogP contribution in [0.1, 0.15) is 27.9 Å². The van der Waals surface area contributed by atoms with Crippen molar-refractivity contribution >= 4 is 17.2 Å². The lowest BCUT2D eigenvalue weighted by atomic mass is 10.1. The highest BCUT2D eigenvalue weighted by Gasteiger charge is 2.29. The summed E-state index contributed by atoms with van der Waals surface area (Å²) in [7, 11) is 0. The Kier molecular flexibility index (Phi) is 4.72. The Hall–Kier alpha value is -3.00. The summed E-state index contributed by atoms with van der Waals surface area (Å²) in [5.41, 5.74) is 0.645. The smallest absolute Gasteiger partial charge is 0.274 e. The van der Waals surface area contributed by atoms with Crippen molar-refractivity contribution in [1.29, 1.82) is 0 Å². The van der Waals surface area contributed by atoms with Gasteiger partial charge in [0.15, 0.2) is 11.4 Å². The molecule has 28 heavy (non-hydrogen) atoms. The van der Waals surface area contributed by atoms with Gasteiger partial charge < -0.3 is 14.6 Å². The molecule has 1 N–H and O–H groups in total. The molecule has 0 saturated heterocycles. The summed E-state index contributed by atoms with van der Waals surface area (Å²) in [6, 6.07) is 6.22. The standard InChI is InChI=1S/C20H18FN3O3S/c1-2-23-7-8-24-11-15(17(25)18(26)16(24)20(23)27)19-22-10-14(28-19)9-12-3-5-13(21)6-4-12/h3-6,10-11,26H,2,7-9H2,1H3. The minimum Gasteiger partial charge on any atom is -0.503 e. The van der Waals surface area contributed by atoms with Crippen LogP contribution in [-0.4, -0.2) is 38.6 Å². The Balaban J connectivity index is 1.68. The Morgan fingerprint density at radius 1 is 1.21 bits per heavy atom. The first-order valence-corrected chi connectivity index (χ1v) is 9.74. The number of amides is 1. The maximum absolute atomic E-state index is 13.0. The largest absolute Gasteiger partial charge is 0.503 e. The maximum atomic E-state index is 13.0. The molecule has 1 amide bonds. The van der Waals surface area contributed by atoms with Gasteiger partial charge in [0.25, 0.3) is 5.91 Å². The Morgan fingerprint density at radius 3 is 2.68 bits per heavy atom. The quantitative estimate of drug-likeness (QED) is 0.732. The van der Waals surface area contributed by atoms with Gasteiger partial charge in [-0.2, -0.15) is 0 Å². The first-order chi connectivity index (χ1) is 13.5. The molecule has 6 nitrogen and oxygen atoms in total. The number of nitrogens with zero attached hydrogens (tertiary/aromatic N) is 3. The molecule has 0 unspecified atom stereocenters. The van der Waals surface area contributed by atoms with E-state index in [0.29, 0.717) is 31.1 Å². The van der Waals surface area contributed by atoms with Gasteiger partial charge in [0.2, 0.25) is 5.43 Å². The van der Waals surface area contributed by atoms with Gasteiger partial charge in [0, 0.05) is 43.3 Å². The van der Waals surface area contributed by atoms with Crippen molar-refractivity contribution in [3.63, 3.8) is 0 Å². The molecule has 3 heterocycles. The van der Waals surface area contributed by atoms with E-state index in [0.717, 1.165) is 10.4 Å². The van der Waals surface area contributed by atoms with Crippen LogP contribution in [0.4, 0.5) is 4.39 Å². The Labute approximate surface area is 164 Å². The summed E-state index contributed by atoms with van der Waals surface area (Å²) in [5.74, 6) is -1.16. The predicted octanol–water partition coefficient (Wildman–Crippen LogP) is 2.88. The minimum absolute atomic E-state index is 0.0324. The average molecular weight is 399 g/mol. The molecule has 3 aromatic rings. The van der Waals surface area contributed by atoms with E-state index in [1.165, 1.54) is 23.5 Å². The number of hydrogen-bond donors (Lipinski definition) is 1. The van der Waals surface area contributed by atoms with E-state index in [2.05, 4.69) is 4.98 Å². The molecule has 4 rings (SSSR count). The second-order valence-electron chi connectivity index (χ2n) is 6.58. The van der Waals surface area contributed by atoms with E-state index in [1.54, 1.807) is 34.0 Å². The number of thiazole rings is 1. The highest BCUT2D eigenvalue weighted by Crippen LogP contribution is 2.28. The first kappa shape index (κ1) is 18.4. The van der Waals surface area contributed by atoms with E-state index in [1.807, 2.05) is 6.92 Å². The van der Waals surface area contributed by atoms with Crippen molar-refractivity contribution in [2.75, 3.05) is 13.1 Å². The van der Waals surface area contributed by atoms with Gasteiger partial charge in [-0.1, -0.05) is 12.1 Å². The fourth-order valence-corrected chi connectivity index (χ4v) is 4.26. The molecule has 0 radical (unpaired) electrons. The number of carbonyl (C=O) groups is 1. The zero-order valence-electron chi connectivity index (χ0n) is 15.2. The monoisotopic (exact) mass is 399 g/mol. The number of rotatable bonds is 4. The summed E-state index contributed by atoms with van der Waals surface area (Å²) in [4.78, 5) is 32.0. The summed E-state index contributed by atoms with van der Waals surface area (Å²) in [6.45, 7) is 3.41. The van der Waals surface area contributed by atoms with Crippen LogP contribution >= 0.6 is 11.3 Å². The molecular weight excluding hydrogens is 381 g/mol. The SMILES string of the molecule is CCN1CCn2cc(-c3ncc(Cc4ccc(F)cc4)s3)c(=O)c(O)c2C1=O. The van der Waals surface area contributed by atoms with Crippen molar-refractivity contribution < 1.29 is 14.3 Å². The molecule has 0 spiro atoms. The maximum Gasteiger partial charge on any atom is 0.274 e. The van der Waals surface area contributed by atoms with Crippen LogP contribution in [-0.2, 0) is 13.0 Å². The average Bonchev–Trinajstić information content (AvgIpc) is 3.14. The van der Waals surface area contributed by atoms with Gasteiger partial charge in [0.1, 0.15) is 10.8 Å². The second-order valence-corrected chi connectivity index (χ2v) is 7.70. The number of halogens is 1. The second kappa shape index (κ2) is 7.20. The fraction of sp³-hybridized carbons (Fsp3) is 0.250. The molecular formula is C20H18FN3O3S. The summed E-state index contributed by atoms with van der Waals surface area (Å²) in [5, 5.41) is 10.9. The number of hydrogen-bond acceptors (Lipinski definition) is 5. The van der Waals surface area contributed by atoms with Crippen LogP contribution in [0, 0.1) is 5.82 Å². The topological polar surface area (TPSA) is 75.4 Å². The number of benzene rings is 1. The van der Waals surface area contributed by atoms with Gasteiger partial charge in [-0.25, -0.2) is 9.37 Å². The number of aromatic hydroxyl groups is 1. The van der Waals surface area contributed by atoms with Gasteiger partial charge in [-0.3, -0.25) is 9.59 Å². The molecule has 0 aliphatic carbocycles. The molecule has 0 fully saturated rings. The van der Waals surface area contributed by atoms with Crippen LogP contribution in [0.3, 0.4) is 0 Å². The van der Waals surface area contributed by atoms with E-state index in [-0.39, 0.29) is 23.0 Å². The number of carbonyl (C=O) groups excluding carboxylic acids is 1. The normalized spacial score (nSPS) is 13.6. The number of fused-ring (bicyclic) bond motifs is 1. The Morgan fingerprint density at radius 2 is 1.96 bits per heavy atom. The molecule has 0 saturated carbocycles. The number of aromatic nitrogens is 2. The van der Waals surface area contributed by atoms with Crippen molar-refractivity contribution in [2.24, 2.45) is 0 Å². The molecule has 1 aliphatic rings. The molecule has 8 heteroatoms. The van der Waals surface area contributed by atoms with Gasteiger partial charge in [-0.05, 0) is 24.6 Å². The Bertz CT molecular complexity index is 1100. The van der Waals surface area contributed by atoms with E-state index in [4.69, 9.17) is 0 Å². The van der Waals surface area contributed by atoms with E-state index >= 15 is 0 Å². The number of likely N-dealkylation sites (N-methyl/N-ethyl adjacent to an activating group) is 1. The van der Waals surface area contributed by atoms with Gasteiger partial charge in [-0.15, -0.1) is 11.3 Å². The van der Waals surface area contributed by atoms with Crippen molar-refractivity contribution in [3.05, 3.63) is 68.8 Å². The van der Waals surface area contributed by atoms with Gasteiger partial charge in [0.05, 0.1) is 5.56 Å². The van der Waals surface area contributed by atoms with E-state index in [9.17, 15) is 19.1 Å². The molecule has 1 aromatic carbocycles. The molecule has 0 atom stereocenters. The molecule has 0 bridgehead atoms. The minimum atomic E-state index is -0.597. The lowest BCUT2D eigenvalue weighted by Gasteiger charge is -2.29. The summed E-state index contributed by atoms with van der Waals surface area (Å²) in [6.07, 6.45) is 3.84. The lowest BCUT2D eigenvalue weighted by molar-refractivity contribution is 0.0707. The highest BCUT2D eigenvalue weighted by atomic mass is 32.1. The predicted molar refractivity (Wildman–Crippen MR) is 104 cm³/mol. The summed E-state index contributed by atoms with van der Waals surface area (Å²) >= 11 is 1.34. The van der Waals surface area contributed by atoms with Gasteiger partial charge >= 0.3 is 0 Å². The molecule has 1 aliphatic heterocycles. The zero-order valence-corrected chi connectivity index (χ0v) is 16.0. The van der Waals surface area contributed by atoms with E-state index < -0.39 is 11.2 Å². The number of pyridine rings is 1. The van der Waals surface area contributed by atoms with Crippen LogP contribution < -0.4 is 5.43 Å². The third-order valence-electron chi connectivity index (χ3n) is 4.81. The highest BCUT2D eigenvalue weighted by molar-refractivity contribution is 7.15. The summed E-state index contributed by atoms with van der Waals surface area (Å²) < 4.78 is 14.7. The van der Waals surface area contributed by atoms with Crippen LogP contribution in [0.2, 0.25) is 0 Å². The fourth-order valence-electron chi connectivity index (χ4n) is 3.30.